The Labute approximate surface area is 167 Å². The van der Waals surface area contributed by atoms with Gasteiger partial charge in [-0.25, -0.2) is 0 Å². The number of hydrogen-bond donors (Lipinski definition) is 3. The maximum Gasteiger partial charge on any atom is 0.251 e. The highest BCUT2D eigenvalue weighted by Crippen LogP contribution is 2.15. The van der Waals surface area contributed by atoms with Crippen molar-refractivity contribution in [2.45, 2.75) is 19.4 Å². The summed E-state index contributed by atoms with van der Waals surface area (Å²) in [6.45, 7) is 9.71. The van der Waals surface area contributed by atoms with Crippen LogP contribution in [-0.2, 0) is 4.74 Å². The Morgan fingerprint density at radius 1 is 1.21 bits per heavy atom. The molecule has 0 spiro atoms. The highest BCUT2D eigenvalue weighted by atomic mass is 16.5. The van der Waals surface area contributed by atoms with Gasteiger partial charge in [0.05, 0.1) is 20.3 Å². The molecule has 0 aromatic heterocycles. The first-order chi connectivity index (χ1) is 13.5. The summed E-state index contributed by atoms with van der Waals surface area (Å²) in [5.41, 5.74) is 0.580. The molecule has 1 aromatic carbocycles. The number of methoxy groups -OCH3 is 1. The van der Waals surface area contributed by atoms with E-state index < -0.39 is 0 Å². The third kappa shape index (κ3) is 6.69. The van der Waals surface area contributed by atoms with Crippen molar-refractivity contribution in [1.82, 2.24) is 20.9 Å². The zero-order chi connectivity index (χ0) is 20.4. The van der Waals surface area contributed by atoms with E-state index in [2.05, 4.69) is 39.7 Å². The number of hydrogen-bond acceptors (Lipinski definition) is 5. The summed E-state index contributed by atoms with van der Waals surface area (Å²) >= 11 is 0. The van der Waals surface area contributed by atoms with E-state index in [1.54, 1.807) is 32.4 Å². The second-order valence-corrected chi connectivity index (χ2v) is 7.25. The number of rotatable bonds is 8. The van der Waals surface area contributed by atoms with Crippen LogP contribution < -0.4 is 20.7 Å². The summed E-state index contributed by atoms with van der Waals surface area (Å²) < 4.78 is 10.6. The lowest BCUT2D eigenvalue weighted by molar-refractivity contribution is -0.00833. The standard InChI is InChI=1S/C20H33N5O3/c1-20(2,25-10-12-28-13-11-25)15-24-19(21-3)23-9-8-22-18(26)16-6-5-7-17(14-16)27-4/h5-7,14H,8-13,15H2,1-4H3,(H,22,26)(H2,21,23,24). The van der Waals surface area contributed by atoms with Gasteiger partial charge in [0.25, 0.3) is 5.91 Å². The van der Waals surface area contributed by atoms with Gasteiger partial charge in [-0.15, -0.1) is 0 Å². The number of nitrogens with zero attached hydrogens (tertiary/aromatic N) is 2. The van der Waals surface area contributed by atoms with Gasteiger partial charge in [0.2, 0.25) is 0 Å². The Kier molecular flexibility index (Phi) is 8.53. The van der Waals surface area contributed by atoms with Gasteiger partial charge in [0.15, 0.2) is 5.96 Å². The topological polar surface area (TPSA) is 87.2 Å². The lowest BCUT2D eigenvalue weighted by Gasteiger charge is -2.41. The average molecular weight is 392 g/mol. The maximum atomic E-state index is 12.2. The van der Waals surface area contributed by atoms with Crippen molar-refractivity contribution >= 4 is 11.9 Å². The van der Waals surface area contributed by atoms with Gasteiger partial charge in [-0.05, 0) is 32.0 Å². The molecule has 0 aliphatic carbocycles. The smallest absolute Gasteiger partial charge is 0.251 e. The second-order valence-electron chi connectivity index (χ2n) is 7.25. The summed E-state index contributed by atoms with van der Waals surface area (Å²) in [6.07, 6.45) is 0. The normalized spacial score (nSPS) is 15.8. The number of ether oxygens (including phenoxy) is 2. The Morgan fingerprint density at radius 3 is 2.61 bits per heavy atom. The van der Waals surface area contributed by atoms with Crippen molar-refractivity contribution in [2.75, 3.05) is 60.1 Å². The van der Waals surface area contributed by atoms with Crippen molar-refractivity contribution in [3.05, 3.63) is 29.8 Å². The molecule has 1 heterocycles. The number of amides is 1. The Balaban J connectivity index is 1.71. The van der Waals surface area contributed by atoms with E-state index in [1.807, 2.05) is 6.07 Å². The first-order valence-electron chi connectivity index (χ1n) is 9.66. The van der Waals surface area contributed by atoms with Crippen LogP contribution in [0.3, 0.4) is 0 Å². The number of benzene rings is 1. The van der Waals surface area contributed by atoms with Gasteiger partial charge in [0.1, 0.15) is 5.75 Å². The summed E-state index contributed by atoms with van der Waals surface area (Å²) in [7, 11) is 3.33. The number of carbonyl (C=O) groups is 1. The number of guanidine groups is 1. The summed E-state index contributed by atoms with van der Waals surface area (Å²) in [5, 5.41) is 9.49. The monoisotopic (exact) mass is 391 g/mol. The molecule has 3 N–H and O–H groups in total. The van der Waals surface area contributed by atoms with E-state index in [4.69, 9.17) is 9.47 Å². The number of carbonyl (C=O) groups excluding carboxylic acids is 1. The molecule has 0 atom stereocenters. The van der Waals surface area contributed by atoms with E-state index in [0.717, 1.165) is 38.8 Å². The molecule has 0 unspecified atom stereocenters. The molecule has 1 aliphatic rings. The number of aliphatic imine (C=N–C) groups is 1. The molecule has 2 rings (SSSR count). The molecule has 1 fully saturated rings. The highest BCUT2D eigenvalue weighted by molar-refractivity contribution is 5.94. The molecule has 0 radical (unpaired) electrons. The highest BCUT2D eigenvalue weighted by Gasteiger charge is 2.28. The maximum absolute atomic E-state index is 12.2. The molecule has 8 heteroatoms. The fourth-order valence-electron chi connectivity index (χ4n) is 3.02. The minimum Gasteiger partial charge on any atom is -0.497 e. The van der Waals surface area contributed by atoms with Crippen LogP contribution in [0.5, 0.6) is 5.75 Å². The molecule has 28 heavy (non-hydrogen) atoms. The fourth-order valence-corrected chi connectivity index (χ4v) is 3.02. The van der Waals surface area contributed by atoms with E-state index in [1.165, 1.54) is 0 Å². The lowest BCUT2D eigenvalue weighted by atomic mass is 10.0. The van der Waals surface area contributed by atoms with Crippen molar-refractivity contribution in [1.29, 1.82) is 0 Å². The first kappa shape index (κ1) is 22.0. The Morgan fingerprint density at radius 2 is 1.93 bits per heavy atom. The molecule has 0 saturated carbocycles. The summed E-state index contributed by atoms with van der Waals surface area (Å²) in [6, 6.07) is 7.09. The van der Waals surface area contributed by atoms with E-state index in [0.29, 0.717) is 24.4 Å². The molecule has 1 aromatic rings. The minimum absolute atomic E-state index is 0.00197. The third-order valence-corrected chi connectivity index (χ3v) is 4.81. The molecule has 1 aliphatic heterocycles. The van der Waals surface area contributed by atoms with Crippen molar-refractivity contribution in [2.24, 2.45) is 4.99 Å². The van der Waals surface area contributed by atoms with E-state index in [9.17, 15) is 4.79 Å². The molecule has 1 amide bonds. The number of morpholine rings is 1. The van der Waals surface area contributed by atoms with E-state index >= 15 is 0 Å². The largest absolute Gasteiger partial charge is 0.497 e. The van der Waals surface area contributed by atoms with Crippen LogP contribution in [0.15, 0.2) is 29.3 Å². The predicted molar refractivity (Wildman–Crippen MR) is 111 cm³/mol. The van der Waals surface area contributed by atoms with Crippen molar-refractivity contribution in [3.63, 3.8) is 0 Å². The number of nitrogens with one attached hydrogen (secondary N) is 3. The van der Waals surface area contributed by atoms with Gasteiger partial charge >= 0.3 is 0 Å². The Bertz CT molecular complexity index is 657. The van der Waals surface area contributed by atoms with Crippen molar-refractivity contribution < 1.29 is 14.3 Å². The van der Waals surface area contributed by atoms with Crippen LogP contribution in [0.4, 0.5) is 0 Å². The Hall–Kier alpha value is -2.32. The van der Waals surface area contributed by atoms with Crippen LogP contribution >= 0.6 is 0 Å². The van der Waals surface area contributed by atoms with Gasteiger partial charge in [-0.2, -0.15) is 0 Å². The van der Waals surface area contributed by atoms with E-state index in [-0.39, 0.29) is 11.4 Å². The molecule has 8 nitrogen and oxygen atoms in total. The first-order valence-corrected chi connectivity index (χ1v) is 9.66. The van der Waals surface area contributed by atoms with Crippen LogP contribution in [-0.4, -0.2) is 82.4 Å². The summed E-state index contributed by atoms with van der Waals surface area (Å²) in [5.74, 6) is 1.26. The van der Waals surface area contributed by atoms with Crippen molar-refractivity contribution in [3.8, 4) is 5.75 Å². The van der Waals surface area contributed by atoms with Gasteiger partial charge in [-0.3, -0.25) is 14.7 Å². The fraction of sp³-hybridized carbons (Fsp3) is 0.600. The van der Waals surface area contributed by atoms with Gasteiger partial charge in [0, 0.05) is 50.9 Å². The zero-order valence-corrected chi connectivity index (χ0v) is 17.4. The van der Waals surface area contributed by atoms with Crippen LogP contribution in [0.1, 0.15) is 24.2 Å². The molecule has 156 valence electrons. The summed E-state index contributed by atoms with van der Waals surface area (Å²) in [4.78, 5) is 18.9. The predicted octanol–water partition coefficient (Wildman–Crippen LogP) is 0.701. The lowest BCUT2D eigenvalue weighted by Crippen LogP contribution is -2.56. The SMILES string of the molecule is CN=C(NCCNC(=O)c1cccc(OC)c1)NCC(C)(C)N1CCOCC1. The molecular formula is C20H33N5O3. The van der Waals surface area contributed by atoms with Gasteiger partial charge < -0.3 is 25.4 Å². The van der Waals surface area contributed by atoms with Gasteiger partial charge in [-0.1, -0.05) is 6.07 Å². The average Bonchev–Trinajstić information content (AvgIpc) is 2.73. The minimum atomic E-state index is -0.128. The second kappa shape index (κ2) is 10.9. The third-order valence-electron chi connectivity index (χ3n) is 4.81. The molecule has 0 bridgehead atoms. The quantitative estimate of drug-likeness (QED) is 0.344. The van der Waals surface area contributed by atoms with Crippen LogP contribution in [0.25, 0.3) is 0 Å². The van der Waals surface area contributed by atoms with Crippen LogP contribution in [0, 0.1) is 0 Å². The molecule has 1 saturated heterocycles. The zero-order valence-electron chi connectivity index (χ0n) is 17.4. The van der Waals surface area contributed by atoms with Crippen LogP contribution in [0.2, 0.25) is 0 Å². The molecular weight excluding hydrogens is 358 g/mol.